The van der Waals surface area contributed by atoms with Crippen molar-refractivity contribution in [2.75, 3.05) is 0 Å². The van der Waals surface area contributed by atoms with Crippen LogP contribution in [0.5, 0.6) is 0 Å². The van der Waals surface area contributed by atoms with Gasteiger partial charge in [0.25, 0.3) is 17.1 Å². The Morgan fingerprint density at radius 1 is 0.548 bits per heavy atom. The lowest BCUT2D eigenvalue weighted by molar-refractivity contribution is -0.385. The Hall–Kier alpha value is -4.14. The molecular weight excluding hydrogens is 402 g/mol. The molecule has 0 spiro atoms. The van der Waals surface area contributed by atoms with Gasteiger partial charge in [-0.1, -0.05) is 48.0 Å². The van der Waals surface area contributed by atoms with Crippen LogP contribution in [0.2, 0.25) is 0 Å². The number of non-ortho nitro benzene ring substituents is 1. The minimum atomic E-state index is -0.403. The van der Waals surface area contributed by atoms with Crippen molar-refractivity contribution in [1.82, 2.24) is 0 Å². The van der Waals surface area contributed by atoms with Crippen LogP contribution in [-0.4, -0.2) is 14.8 Å². The fourth-order valence-corrected chi connectivity index (χ4v) is 2.35. The van der Waals surface area contributed by atoms with Crippen LogP contribution in [0.3, 0.4) is 0 Å². The van der Waals surface area contributed by atoms with Crippen molar-refractivity contribution >= 4 is 17.1 Å². The first kappa shape index (κ1) is 24.9. The van der Waals surface area contributed by atoms with Gasteiger partial charge in [-0.25, -0.2) is 0 Å². The minimum Gasteiger partial charge on any atom is -0.258 e. The molecule has 0 aromatic heterocycles. The molecule has 0 heterocycles. The van der Waals surface area contributed by atoms with Gasteiger partial charge in [0.1, 0.15) is 0 Å². The van der Waals surface area contributed by atoms with Crippen molar-refractivity contribution in [2.24, 2.45) is 0 Å². The zero-order valence-corrected chi connectivity index (χ0v) is 17.6. The molecule has 0 fully saturated rings. The van der Waals surface area contributed by atoms with Gasteiger partial charge in [-0.05, 0) is 33.3 Å². The summed E-state index contributed by atoms with van der Waals surface area (Å²) in [5.74, 6) is 0. The molecule has 0 bridgehead atoms. The van der Waals surface area contributed by atoms with Gasteiger partial charge in [-0.3, -0.25) is 30.3 Å². The lowest BCUT2D eigenvalue weighted by Crippen LogP contribution is -1.91. The van der Waals surface area contributed by atoms with Crippen molar-refractivity contribution in [3.05, 3.63) is 119 Å². The maximum Gasteiger partial charge on any atom is 0.272 e. The first-order chi connectivity index (χ1) is 14.5. The molecule has 162 valence electrons. The molecule has 3 rings (SSSR count). The molecule has 9 heteroatoms. The minimum absolute atomic E-state index is 0.144. The van der Waals surface area contributed by atoms with E-state index in [0.29, 0.717) is 11.1 Å². The van der Waals surface area contributed by atoms with Crippen molar-refractivity contribution in [3.8, 4) is 0 Å². The second-order valence-corrected chi connectivity index (χ2v) is 6.68. The number of rotatable bonds is 3. The van der Waals surface area contributed by atoms with E-state index in [0.717, 1.165) is 11.1 Å². The molecule has 0 saturated carbocycles. The summed E-state index contributed by atoms with van der Waals surface area (Å²) in [5, 5.41) is 30.7. The third kappa shape index (κ3) is 8.40. The number of para-hydroxylation sites is 1. The quantitative estimate of drug-likeness (QED) is 0.373. The van der Waals surface area contributed by atoms with E-state index in [1.807, 2.05) is 19.9 Å². The third-order valence-corrected chi connectivity index (χ3v) is 4.12. The van der Waals surface area contributed by atoms with Gasteiger partial charge in [0, 0.05) is 35.4 Å². The summed E-state index contributed by atoms with van der Waals surface area (Å²) in [6.07, 6.45) is 0. The summed E-state index contributed by atoms with van der Waals surface area (Å²) in [6.45, 7) is 7.19. The van der Waals surface area contributed by atoms with Crippen LogP contribution in [0.25, 0.3) is 0 Å². The Kier molecular flexibility index (Phi) is 9.45. The third-order valence-electron chi connectivity index (χ3n) is 4.12. The summed E-state index contributed by atoms with van der Waals surface area (Å²) >= 11 is 0. The summed E-state index contributed by atoms with van der Waals surface area (Å²) in [7, 11) is 0. The molecule has 3 aromatic carbocycles. The van der Waals surface area contributed by atoms with Crippen LogP contribution in [-0.2, 0) is 0 Å². The van der Waals surface area contributed by atoms with Gasteiger partial charge < -0.3 is 0 Å². The van der Waals surface area contributed by atoms with Crippen LogP contribution in [0.4, 0.5) is 17.1 Å². The SMILES string of the molecule is Cc1ccc(C)c([N+](=O)[O-])c1.Cc1ccc([N+](=O)[O-])cc1.Cc1ccccc1[N+](=O)[O-]. The normalized spacial score (nSPS) is 9.42. The number of nitrogens with zero attached hydrogens (tertiary/aromatic N) is 3. The monoisotopic (exact) mass is 425 g/mol. The predicted molar refractivity (Wildman–Crippen MR) is 118 cm³/mol. The van der Waals surface area contributed by atoms with E-state index in [4.69, 9.17) is 0 Å². The van der Waals surface area contributed by atoms with Gasteiger partial charge in [-0.15, -0.1) is 0 Å². The topological polar surface area (TPSA) is 129 Å². The molecule has 0 N–H and O–H groups in total. The highest BCUT2D eigenvalue weighted by atomic mass is 16.6. The molecule has 3 aromatic rings. The van der Waals surface area contributed by atoms with E-state index in [1.54, 1.807) is 56.3 Å². The van der Waals surface area contributed by atoms with Crippen LogP contribution < -0.4 is 0 Å². The van der Waals surface area contributed by atoms with E-state index in [2.05, 4.69) is 0 Å². The van der Waals surface area contributed by atoms with Crippen molar-refractivity contribution < 1.29 is 14.8 Å². The summed E-state index contributed by atoms with van der Waals surface area (Å²) in [6, 6.07) is 18.3. The number of hydrogen-bond donors (Lipinski definition) is 0. The molecule has 9 nitrogen and oxygen atoms in total. The Balaban J connectivity index is 0.000000233. The van der Waals surface area contributed by atoms with Gasteiger partial charge >= 0.3 is 0 Å². The summed E-state index contributed by atoms with van der Waals surface area (Å²) in [5.41, 5.74) is 3.89. The average molecular weight is 425 g/mol. The first-order valence-corrected chi connectivity index (χ1v) is 9.15. The lowest BCUT2D eigenvalue weighted by Gasteiger charge is -1.96. The van der Waals surface area contributed by atoms with Crippen molar-refractivity contribution in [1.29, 1.82) is 0 Å². The van der Waals surface area contributed by atoms with E-state index in [-0.39, 0.29) is 26.9 Å². The molecular formula is C22H23N3O6. The standard InChI is InChI=1S/C8H9NO2.2C7H7NO2/c1-6-3-4-7(2)8(5-6)9(10)11;1-6-2-4-7(5-3-6)8(9)10;1-6-4-2-3-5-7(6)8(9)10/h3-5H,1-2H3;2*2-5H,1H3. The van der Waals surface area contributed by atoms with Crippen molar-refractivity contribution in [3.63, 3.8) is 0 Å². The Bertz CT molecular complexity index is 1070. The van der Waals surface area contributed by atoms with Crippen LogP contribution >= 0.6 is 0 Å². The van der Waals surface area contributed by atoms with E-state index in [1.165, 1.54) is 18.2 Å². The number of benzene rings is 3. The van der Waals surface area contributed by atoms with Crippen LogP contribution in [0, 0.1) is 58.0 Å². The van der Waals surface area contributed by atoms with Gasteiger partial charge in [-0.2, -0.15) is 0 Å². The summed E-state index contributed by atoms with van der Waals surface area (Å²) < 4.78 is 0. The Morgan fingerprint density at radius 3 is 1.45 bits per heavy atom. The fourth-order valence-electron chi connectivity index (χ4n) is 2.35. The zero-order chi connectivity index (χ0) is 23.6. The highest BCUT2D eigenvalue weighted by Gasteiger charge is 2.08. The Morgan fingerprint density at radius 2 is 1.03 bits per heavy atom. The van der Waals surface area contributed by atoms with E-state index >= 15 is 0 Å². The molecule has 0 amide bonds. The molecule has 0 aliphatic rings. The highest BCUT2D eigenvalue weighted by molar-refractivity contribution is 5.41. The average Bonchev–Trinajstić information content (AvgIpc) is 2.71. The van der Waals surface area contributed by atoms with Gasteiger partial charge in [0.15, 0.2) is 0 Å². The van der Waals surface area contributed by atoms with Gasteiger partial charge in [0.05, 0.1) is 14.8 Å². The highest BCUT2D eigenvalue weighted by Crippen LogP contribution is 2.18. The second kappa shape index (κ2) is 11.8. The number of aryl methyl sites for hydroxylation is 4. The second-order valence-electron chi connectivity index (χ2n) is 6.68. The molecule has 0 saturated heterocycles. The Labute approximate surface area is 179 Å². The number of nitro benzene ring substituents is 3. The first-order valence-electron chi connectivity index (χ1n) is 9.15. The number of hydrogen-bond acceptors (Lipinski definition) is 6. The number of nitro groups is 3. The lowest BCUT2D eigenvalue weighted by atomic mass is 10.1. The molecule has 31 heavy (non-hydrogen) atoms. The molecule has 0 aliphatic heterocycles. The zero-order valence-electron chi connectivity index (χ0n) is 17.6. The van der Waals surface area contributed by atoms with E-state index < -0.39 is 4.92 Å². The molecule has 0 atom stereocenters. The fraction of sp³-hybridized carbons (Fsp3) is 0.182. The maximum absolute atomic E-state index is 10.4. The smallest absolute Gasteiger partial charge is 0.258 e. The van der Waals surface area contributed by atoms with Crippen molar-refractivity contribution in [2.45, 2.75) is 27.7 Å². The van der Waals surface area contributed by atoms with Crippen LogP contribution in [0.1, 0.15) is 22.3 Å². The van der Waals surface area contributed by atoms with Crippen LogP contribution in [0.15, 0.2) is 66.7 Å². The maximum atomic E-state index is 10.4. The molecule has 0 aliphatic carbocycles. The van der Waals surface area contributed by atoms with E-state index in [9.17, 15) is 30.3 Å². The molecule has 0 radical (unpaired) electrons. The summed E-state index contributed by atoms with van der Waals surface area (Å²) in [4.78, 5) is 29.6. The van der Waals surface area contributed by atoms with Gasteiger partial charge in [0.2, 0.25) is 0 Å². The largest absolute Gasteiger partial charge is 0.272 e. The molecule has 0 unspecified atom stereocenters. The predicted octanol–water partition coefficient (Wildman–Crippen LogP) is 6.02.